The minimum atomic E-state index is -1.04. The van der Waals surface area contributed by atoms with Gasteiger partial charge >= 0.3 is 0 Å². The predicted octanol–water partition coefficient (Wildman–Crippen LogP) is 4.58. The molecule has 0 saturated heterocycles. The molecule has 33 heavy (non-hydrogen) atoms. The third kappa shape index (κ3) is 4.05. The summed E-state index contributed by atoms with van der Waals surface area (Å²) < 4.78 is 7.74. The Hall–Kier alpha value is -3.09. The molecule has 1 atom stereocenters. The van der Waals surface area contributed by atoms with E-state index in [0.717, 1.165) is 42.7 Å². The van der Waals surface area contributed by atoms with E-state index in [1.54, 1.807) is 17.2 Å². The number of nitrogens with one attached hydrogen (secondary N) is 1. The topological polar surface area (TPSA) is 80.4 Å². The molecule has 1 unspecified atom stereocenters. The molecule has 0 bridgehead atoms. The lowest BCUT2D eigenvalue weighted by Crippen LogP contribution is -2.64. The molecule has 1 aliphatic carbocycles. The summed E-state index contributed by atoms with van der Waals surface area (Å²) in [6.07, 6.45) is 9.70. The maximum Gasteiger partial charge on any atom is 0.271 e. The Balaban J connectivity index is 1.50. The normalized spacial score (nSPS) is 22.1. The molecule has 1 saturated carbocycles. The number of aryl methyl sites for hydroxylation is 1. The smallest absolute Gasteiger partial charge is 0.271 e. The second kappa shape index (κ2) is 8.69. The maximum absolute atomic E-state index is 13.8. The Morgan fingerprint density at radius 2 is 1.94 bits per heavy atom. The molecule has 1 fully saturated rings. The highest BCUT2D eigenvalue weighted by molar-refractivity contribution is 6.03. The summed E-state index contributed by atoms with van der Waals surface area (Å²) in [6.45, 7) is 4.43. The number of carbonyl (C=O) groups is 2. The summed E-state index contributed by atoms with van der Waals surface area (Å²) in [5.41, 5.74) is 1.81. The molecule has 7 nitrogen and oxygen atoms in total. The van der Waals surface area contributed by atoms with E-state index in [9.17, 15) is 9.59 Å². The average Bonchev–Trinajstić information content (AvgIpc) is 3.30. The number of fused-ring (bicyclic) bond motifs is 3. The summed E-state index contributed by atoms with van der Waals surface area (Å²) in [5.74, 6) is 0.524. The van der Waals surface area contributed by atoms with Crippen molar-refractivity contribution >= 4 is 22.9 Å². The van der Waals surface area contributed by atoms with Gasteiger partial charge in [-0.05, 0) is 38.8 Å². The van der Waals surface area contributed by atoms with Crippen molar-refractivity contribution in [2.24, 2.45) is 0 Å². The second-order valence-electron chi connectivity index (χ2n) is 9.72. The number of aromatic nitrogens is 2. The van der Waals surface area contributed by atoms with E-state index in [1.807, 2.05) is 42.7 Å². The summed E-state index contributed by atoms with van der Waals surface area (Å²) in [4.78, 5) is 33.7. The van der Waals surface area contributed by atoms with Crippen LogP contribution in [0.2, 0.25) is 0 Å². The standard InChI is InChI=1S/C26H32N4O3/c1-18-14-21-23(33-18)15-22-24(31)30(16-20-12-8-9-13-27-20)26(2,17-29(21)22)25(32)28-19-10-6-4-3-5-7-11-19/h8-9,12-15,19H,3-7,10-11,16-17H2,1-2H3,(H,28,32). The fourth-order valence-corrected chi connectivity index (χ4v) is 5.30. The first-order valence-electron chi connectivity index (χ1n) is 12.1. The van der Waals surface area contributed by atoms with Gasteiger partial charge in [-0.15, -0.1) is 0 Å². The lowest BCUT2D eigenvalue weighted by molar-refractivity contribution is -0.134. The molecule has 0 aromatic carbocycles. The lowest BCUT2D eigenvalue weighted by atomic mass is 9.92. The van der Waals surface area contributed by atoms with Crippen LogP contribution in [0.15, 0.2) is 40.9 Å². The number of pyridine rings is 1. The fraction of sp³-hybridized carbons (Fsp3) is 0.500. The van der Waals surface area contributed by atoms with Crippen LogP contribution in [0, 0.1) is 6.92 Å². The fourth-order valence-electron chi connectivity index (χ4n) is 5.30. The average molecular weight is 449 g/mol. The Bertz CT molecular complexity index is 1160. The number of nitrogens with zero attached hydrogens (tertiary/aromatic N) is 3. The minimum Gasteiger partial charge on any atom is -0.460 e. The van der Waals surface area contributed by atoms with Gasteiger partial charge in [0, 0.05) is 24.4 Å². The number of hydrogen-bond donors (Lipinski definition) is 1. The first kappa shape index (κ1) is 21.7. The highest BCUT2D eigenvalue weighted by Crippen LogP contribution is 2.34. The highest BCUT2D eigenvalue weighted by Gasteiger charge is 2.48. The van der Waals surface area contributed by atoms with E-state index in [0.29, 0.717) is 17.8 Å². The van der Waals surface area contributed by atoms with Crippen molar-refractivity contribution in [1.29, 1.82) is 0 Å². The zero-order chi connectivity index (χ0) is 23.0. The highest BCUT2D eigenvalue weighted by atomic mass is 16.3. The van der Waals surface area contributed by atoms with E-state index in [1.165, 1.54) is 19.3 Å². The summed E-state index contributed by atoms with van der Waals surface area (Å²) in [6, 6.07) is 9.54. The zero-order valence-corrected chi connectivity index (χ0v) is 19.5. The number of furan rings is 1. The third-order valence-corrected chi connectivity index (χ3v) is 7.21. The molecule has 3 aromatic rings. The third-order valence-electron chi connectivity index (χ3n) is 7.21. The SMILES string of the molecule is Cc1cc2c(cc3n2CC(C)(C(=O)NC2CCCCCCC2)N(Cc2ccccn2)C3=O)o1. The van der Waals surface area contributed by atoms with Crippen LogP contribution in [0.25, 0.3) is 11.1 Å². The predicted molar refractivity (Wildman–Crippen MR) is 126 cm³/mol. The monoisotopic (exact) mass is 448 g/mol. The van der Waals surface area contributed by atoms with Gasteiger partial charge in [-0.25, -0.2) is 0 Å². The van der Waals surface area contributed by atoms with Crippen LogP contribution in [-0.2, 0) is 17.9 Å². The number of hydrogen-bond acceptors (Lipinski definition) is 4. The Kier molecular flexibility index (Phi) is 5.72. The van der Waals surface area contributed by atoms with Crippen LogP contribution in [0.5, 0.6) is 0 Å². The molecular weight excluding hydrogens is 416 g/mol. The van der Waals surface area contributed by atoms with Gasteiger partial charge in [0.15, 0.2) is 5.58 Å². The molecular formula is C26H32N4O3. The van der Waals surface area contributed by atoms with Crippen molar-refractivity contribution in [3.63, 3.8) is 0 Å². The van der Waals surface area contributed by atoms with Crippen molar-refractivity contribution in [2.45, 2.75) is 83.5 Å². The molecule has 0 spiro atoms. The summed E-state index contributed by atoms with van der Waals surface area (Å²) in [5, 5.41) is 3.32. The second-order valence-corrected chi connectivity index (χ2v) is 9.72. The van der Waals surface area contributed by atoms with E-state index < -0.39 is 5.54 Å². The Morgan fingerprint density at radius 1 is 1.18 bits per heavy atom. The quantitative estimate of drug-likeness (QED) is 0.633. The van der Waals surface area contributed by atoms with E-state index in [2.05, 4.69) is 10.3 Å². The molecule has 7 heteroatoms. The van der Waals surface area contributed by atoms with Crippen molar-refractivity contribution in [3.05, 3.63) is 53.7 Å². The van der Waals surface area contributed by atoms with Crippen LogP contribution in [-0.4, -0.2) is 37.8 Å². The van der Waals surface area contributed by atoms with Gasteiger partial charge in [0.1, 0.15) is 17.0 Å². The molecule has 2 amide bonds. The Morgan fingerprint density at radius 3 is 2.67 bits per heavy atom. The van der Waals surface area contributed by atoms with Gasteiger partial charge in [0.25, 0.3) is 5.91 Å². The van der Waals surface area contributed by atoms with Crippen LogP contribution in [0.4, 0.5) is 0 Å². The molecule has 1 aliphatic heterocycles. The number of rotatable bonds is 4. The molecule has 4 heterocycles. The van der Waals surface area contributed by atoms with Crippen molar-refractivity contribution in [2.75, 3.05) is 0 Å². The van der Waals surface area contributed by atoms with E-state index in [-0.39, 0.29) is 24.4 Å². The largest absolute Gasteiger partial charge is 0.460 e. The van der Waals surface area contributed by atoms with E-state index in [4.69, 9.17) is 4.42 Å². The van der Waals surface area contributed by atoms with Crippen LogP contribution >= 0.6 is 0 Å². The van der Waals surface area contributed by atoms with Gasteiger partial charge < -0.3 is 19.2 Å². The van der Waals surface area contributed by atoms with Gasteiger partial charge in [0.05, 0.1) is 24.3 Å². The number of carbonyl (C=O) groups excluding carboxylic acids is 2. The first-order chi connectivity index (χ1) is 16.0. The van der Waals surface area contributed by atoms with Gasteiger partial charge in [0.2, 0.25) is 5.91 Å². The molecule has 0 radical (unpaired) electrons. The van der Waals surface area contributed by atoms with Crippen LogP contribution < -0.4 is 5.32 Å². The van der Waals surface area contributed by atoms with Crippen molar-refractivity contribution < 1.29 is 14.0 Å². The first-order valence-corrected chi connectivity index (χ1v) is 12.1. The van der Waals surface area contributed by atoms with Crippen LogP contribution in [0.1, 0.15) is 73.8 Å². The number of amides is 2. The van der Waals surface area contributed by atoms with Gasteiger partial charge in [-0.3, -0.25) is 14.6 Å². The Labute approximate surface area is 194 Å². The molecule has 174 valence electrons. The van der Waals surface area contributed by atoms with Crippen LogP contribution in [0.3, 0.4) is 0 Å². The van der Waals surface area contributed by atoms with E-state index >= 15 is 0 Å². The molecule has 5 rings (SSSR count). The zero-order valence-electron chi connectivity index (χ0n) is 19.5. The minimum absolute atomic E-state index is 0.0925. The molecule has 3 aromatic heterocycles. The summed E-state index contributed by atoms with van der Waals surface area (Å²) >= 11 is 0. The van der Waals surface area contributed by atoms with Gasteiger partial charge in [-0.1, -0.05) is 38.2 Å². The summed E-state index contributed by atoms with van der Waals surface area (Å²) in [7, 11) is 0. The molecule has 1 N–H and O–H groups in total. The van der Waals surface area contributed by atoms with Crippen molar-refractivity contribution in [1.82, 2.24) is 19.8 Å². The van der Waals surface area contributed by atoms with Crippen molar-refractivity contribution in [3.8, 4) is 0 Å². The molecule has 2 aliphatic rings. The van der Waals surface area contributed by atoms with Gasteiger partial charge in [-0.2, -0.15) is 0 Å². The lowest BCUT2D eigenvalue weighted by Gasteiger charge is -2.44. The maximum atomic E-state index is 13.8.